The van der Waals surface area contributed by atoms with Crippen molar-refractivity contribution in [2.45, 2.75) is 5.92 Å². The Labute approximate surface area is 145 Å². The van der Waals surface area contributed by atoms with E-state index in [9.17, 15) is 10.1 Å². The first kappa shape index (κ1) is 16.5. The number of imidazole rings is 1. The topological polar surface area (TPSA) is 77.1 Å². The zero-order valence-corrected chi connectivity index (χ0v) is 14.2. The lowest BCUT2D eigenvalue weighted by atomic mass is 9.97. The van der Waals surface area contributed by atoms with Gasteiger partial charge in [0.05, 0.1) is 36.9 Å². The van der Waals surface area contributed by atoms with Crippen molar-refractivity contribution in [3.8, 4) is 17.6 Å². The first-order chi connectivity index (χ1) is 12.1. The fourth-order valence-electron chi connectivity index (χ4n) is 2.81. The maximum Gasteiger partial charge on any atom is 0.191 e. The number of fused-ring (bicyclic) bond motifs is 1. The van der Waals surface area contributed by atoms with Crippen LogP contribution in [0.3, 0.4) is 0 Å². The molecule has 6 nitrogen and oxygen atoms in total. The van der Waals surface area contributed by atoms with Gasteiger partial charge < -0.3 is 14.0 Å². The highest BCUT2D eigenvalue weighted by Crippen LogP contribution is 2.30. The van der Waals surface area contributed by atoms with Crippen molar-refractivity contribution in [2.75, 3.05) is 14.2 Å². The minimum atomic E-state index is -1.03. The molecular weight excluding hydrogens is 318 g/mol. The van der Waals surface area contributed by atoms with Gasteiger partial charge in [0.2, 0.25) is 0 Å². The maximum atomic E-state index is 13.0. The molecular formula is C19H17N3O3. The van der Waals surface area contributed by atoms with E-state index in [0.717, 1.165) is 11.0 Å². The van der Waals surface area contributed by atoms with E-state index >= 15 is 0 Å². The van der Waals surface area contributed by atoms with Crippen LogP contribution in [0.4, 0.5) is 0 Å². The number of methoxy groups -OCH3 is 2. The van der Waals surface area contributed by atoms with E-state index in [4.69, 9.17) is 9.47 Å². The van der Waals surface area contributed by atoms with Gasteiger partial charge in [0.1, 0.15) is 17.3 Å². The number of hydrogen-bond acceptors (Lipinski definition) is 5. The largest absolute Gasteiger partial charge is 0.497 e. The van der Waals surface area contributed by atoms with Gasteiger partial charge in [-0.15, -0.1) is 0 Å². The number of ketones is 1. The van der Waals surface area contributed by atoms with Crippen LogP contribution in [0, 0.1) is 11.3 Å². The number of carbonyl (C=O) groups excluding carboxylic acids is 1. The van der Waals surface area contributed by atoms with Gasteiger partial charge in [0, 0.05) is 13.1 Å². The van der Waals surface area contributed by atoms with E-state index in [1.165, 1.54) is 14.2 Å². The van der Waals surface area contributed by atoms with Gasteiger partial charge in [0.25, 0.3) is 0 Å². The van der Waals surface area contributed by atoms with E-state index in [1.54, 1.807) is 29.8 Å². The molecule has 0 saturated carbocycles. The maximum absolute atomic E-state index is 13.0. The SMILES string of the molecule is COc1ccc(C(=O)C(C#N)c2nc3ccccc3n2C)c(OC)c1. The summed E-state index contributed by atoms with van der Waals surface area (Å²) in [5.74, 6) is -0.0420. The minimum absolute atomic E-state index is 0.321. The highest BCUT2D eigenvalue weighted by Gasteiger charge is 2.29. The Morgan fingerprint density at radius 1 is 1.20 bits per heavy atom. The van der Waals surface area contributed by atoms with Crippen molar-refractivity contribution in [3.63, 3.8) is 0 Å². The van der Waals surface area contributed by atoms with Crippen molar-refractivity contribution in [1.29, 1.82) is 5.26 Å². The lowest BCUT2D eigenvalue weighted by Crippen LogP contribution is -2.16. The molecule has 3 aromatic rings. The van der Waals surface area contributed by atoms with Gasteiger partial charge in [-0.25, -0.2) is 4.98 Å². The van der Waals surface area contributed by atoms with Crippen molar-refractivity contribution >= 4 is 16.8 Å². The third-order valence-corrected chi connectivity index (χ3v) is 4.15. The number of nitriles is 1. The van der Waals surface area contributed by atoms with Crippen LogP contribution in [0.5, 0.6) is 11.5 Å². The molecule has 6 heteroatoms. The summed E-state index contributed by atoms with van der Waals surface area (Å²) in [5, 5.41) is 9.64. The molecule has 0 spiro atoms. The molecule has 1 unspecified atom stereocenters. The zero-order valence-electron chi connectivity index (χ0n) is 14.2. The van der Waals surface area contributed by atoms with Gasteiger partial charge in [-0.2, -0.15) is 5.26 Å². The Morgan fingerprint density at radius 2 is 1.96 bits per heavy atom. The number of carbonyl (C=O) groups is 1. The Morgan fingerprint density at radius 3 is 2.60 bits per heavy atom. The fourth-order valence-corrected chi connectivity index (χ4v) is 2.81. The second kappa shape index (κ2) is 6.65. The molecule has 0 saturated heterocycles. The van der Waals surface area contributed by atoms with Crippen LogP contribution in [0.15, 0.2) is 42.5 Å². The number of benzene rings is 2. The summed E-state index contributed by atoms with van der Waals surface area (Å²) >= 11 is 0. The van der Waals surface area contributed by atoms with E-state index in [-0.39, 0.29) is 5.78 Å². The van der Waals surface area contributed by atoms with Gasteiger partial charge in [0.15, 0.2) is 11.7 Å². The van der Waals surface area contributed by atoms with E-state index in [1.807, 2.05) is 24.3 Å². The molecule has 3 rings (SSSR count). The Bertz CT molecular complexity index is 985. The molecule has 1 atom stereocenters. The summed E-state index contributed by atoms with van der Waals surface area (Å²) in [6.07, 6.45) is 0. The Balaban J connectivity index is 2.08. The number of hydrogen-bond donors (Lipinski definition) is 0. The van der Waals surface area contributed by atoms with Crippen molar-refractivity contribution < 1.29 is 14.3 Å². The fraction of sp³-hybridized carbons (Fsp3) is 0.211. The monoisotopic (exact) mass is 335 g/mol. The van der Waals surface area contributed by atoms with Gasteiger partial charge in [-0.05, 0) is 24.3 Å². The summed E-state index contributed by atoms with van der Waals surface area (Å²) < 4.78 is 12.2. The molecule has 2 aromatic carbocycles. The lowest BCUT2D eigenvalue weighted by Gasteiger charge is -2.12. The van der Waals surface area contributed by atoms with Crippen LogP contribution in [0.2, 0.25) is 0 Å². The number of rotatable bonds is 5. The Kier molecular flexibility index (Phi) is 4.40. The summed E-state index contributed by atoms with van der Waals surface area (Å²) in [6.45, 7) is 0. The summed E-state index contributed by atoms with van der Waals surface area (Å²) in [6, 6.07) is 14.5. The van der Waals surface area contributed by atoms with Crippen LogP contribution in [0.1, 0.15) is 22.1 Å². The molecule has 0 aliphatic heterocycles. The van der Waals surface area contributed by atoms with E-state index in [0.29, 0.717) is 22.9 Å². The van der Waals surface area contributed by atoms with Crippen LogP contribution in [-0.2, 0) is 7.05 Å². The summed E-state index contributed by atoms with van der Waals surface area (Å²) in [7, 11) is 4.81. The summed E-state index contributed by atoms with van der Waals surface area (Å²) in [5.41, 5.74) is 1.93. The second-order valence-corrected chi connectivity index (χ2v) is 5.51. The Hall–Kier alpha value is -3.33. The number of aryl methyl sites for hydroxylation is 1. The first-order valence-electron chi connectivity index (χ1n) is 7.68. The average molecular weight is 335 g/mol. The average Bonchev–Trinajstić information content (AvgIpc) is 2.98. The van der Waals surface area contributed by atoms with Crippen LogP contribution >= 0.6 is 0 Å². The number of nitrogens with zero attached hydrogens (tertiary/aromatic N) is 3. The molecule has 0 N–H and O–H groups in total. The highest BCUT2D eigenvalue weighted by molar-refractivity contribution is 6.04. The highest BCUT2D eigenvalue weighted by atomic mass is 16.5. The van der Waals surface area contributed by atoms with E-state index < -0.39 is 5.92 Å². The van der Waals surface area contributed by atoms with Crippen molar-refractivity contribution in [2.24, 2.45) is 7.05 Å². The molecule has 0 bridgehead atoms. The lowest BCUT2D eigenvalue weighted by molar-refractivity contribution is 0.0972. The minimum Gasteiger partial charge on any atom is -0.497 e. The molecule has 0 aliphatic carbocycles. The van der Waals surface area contributed by atoms with Gasteiger partial charge in [-0.3, -0.25) is 4.79 Å². The third kappa shape index (κ3) is 2.81. The quantitative estimate of drug-likeness (QED) is 0.670. The second-order valence-electron chi connectivity index (χ2n) is 5.51. The van der Waals surface area contributed by atoms with Crippen molar-refractivity contribution in [1.82, 2.24) is 9.55 Å². The molecule has 1 heterocycles. The standard InChI is InChI=1S/C19H17N3O3/c1-22-16-7-5-4-6-15(16)21-19(22)14(11-20)18(23)13-9-8-12(24-2)10-17(13)25-3/h4-10,14H,1-3H3. The predicted octanol–water partition coefficient (Wildman–Crippen LogP) is 3.08. The molecule has 0 fully saturated rings. The van der Waals surface area contributed by atoms with Crippen LogP contribution in [-0.4, -0.2) is 29.6 Å². The van der Waals surface area contributed by atoms with Crippen molar-refractivity contribution in [3.05, 3.63) is 53.9 Å². The first-order valence-corrected chi connectivity index (χ1v) is 7.68. The number of Topliss-reactive ketones (excluding diaryl/α,β-unsaturated/α-hetero) is 1. The molecule has 0 aliphatic rings. The number of para-hydroxylation sites is 2. The third-order valence-electron chi connectivity index (χ3n) is 4.15. The number of aromatic nitrogens is 2. The molecule has 126 valence electrons. The van der Waals surface area contributed by atoms with Crippen LogP contribution < -0.4 is 9.47 Å². The molecule has 25 heavy (non-hydrogen) atoms. The van der Waals surface area contributed by atoms with Gasteiger partial charge in [-0.1, -0.05) is 12.1 Å². The normalized spacial score (nSPS) is 11.8. The predicted molar refractivity (Wildman–Crippen MR) is 92.9 cm³/mol. The molecule has 1 aromatic heterocycles. The van der Waals surface area contributed by atoms with Crippen LogP contribution in [0.25, 0.3) is 11.0 Å². The molecule has 0 amide bonds. The summed E-state index contributed by atoms with van der Waals surface area (Å²) in [4.78, 5) is 17.5. The van der Waals surface area contributed by atoms with Gasteiger partial charge >= 0.3 is 0 Å². The smallest absolute Gasteiger partial charge is 0.191 e. The molecule has 0 radical (unpaired) electrons. The zero-order chi connectivity index (χ0) is 18.0. The number of ether oxygens (including phenoxy) is 2. The van der Waals surface area contributed by atoms with E-state index in [2.05, 4.69) is 11.1 Å².